The summed E-state index contributed by atoms with van der Waals surface area (Å²) in [4.78, 5) is 27.6. The molecule has 0 saturated carbocycles. The van der Waals surface area contributed by atoms with Crippen LogP contribution < -0.4 is 26.2 Å². The van der Waals surface area contributed by atoms with Gasteiger partial charge in [0, 0.05) is 17.0 Å². The topological polar surface area (TPSA) is 180 Å². The van der Waals surface area contributed by atoms with Crippen molar-refractivity contribution >= 4 is 27.7 Å². The Hall–Kier alpha value is -3.97. The number of carbonyl (C=O) groups excluding carboxylic acids is 2. The van der Waals surface area contributed by atoms with E-state index < -0.39 is 51.8 Å². The number of ketones is 1. The molecule has 1 saturated heterocycles. The van der Waals surface area contributed by atoms with Gasteiger partial charge in [-0.3, -0.25) is 15.0 Å². The van der Waals surface area contributed by atoms with Gasteiger partial charge in [-0.05, 0) is 36.6 Å². The Kier molecular flexibility index (Phi) is 9.05. The number of nitrogen functional groups attached to an aromatic ring is 1. The second-order valence-electron chi connectivity index (χ2n) is 9.58. The van der Waals surface area contributed by atoms with Crippen molar-refractivity contribution in [1.29, 1.82) is 5.41 Å². The van der Waals surface area contributed by atoms with Crippen LogP contribution in [0.5, 0.6) is 0 Å². The Morgan fingerprint density at radius 3 is 2.08 bits per heavy atom. The first-order chi connectivity index (χ1) is 19.0. The molecule has 1 heterocycles. The maximum absolute atomic E-state index is 15.3. The van der Waals surface area contributed by atoms with Crippen LogP contribution in [-0.2, 0) is 19.8 Å². The first kappa shape index (κ1) is 29.0. The summed E-state index contributed by atoms with van der Waals surface area (Å²) in [6.45, 7) is 0.586. The number of amides is 1. The molecular weight excluding hydrogens is 535 g/mol. The lowest BCUT2D eigenvalue weighted by Gasteiger charge is -2.30. The van der Waals surface area contributed by atoms with Crippen molar-refractivity contribution < 1.29 is 22.4 Å². The van der Waals surface area contributed by atoms with E-state index in [1.807, 2.05) is 0 Å². The van der Waals surface area contributed by atoms with Gasteiger partial charge in [-0.2, -0.15) is 13.1 Å². The zero-order chi connectivity index (χ0) is 28.9. The van der Waals surface area contributed by atoms with E-state index in [1.165, 1.54) is 12.1 Å². The Labute approximate surface area is 232 Å². The summed E-state index contributed by atoms with van der Waals surface area (Å²) < 4.78 is 42.1. The van der Waals surface area contributed by atoms with Gasteiger partial charge in [-0.1, -0.05) is 72.8 Å². The molecule has 12 heteroatoms. The third-order valence-corrected chi connectivity index (χ3v) is 7.40. The van der Waals surface area contributed by atoms with Crippen LogP contribution in [0.4, 0.5) is 4.39 Å². The lowest BCUT2D eigenvalue weighted by molar-refractivity contribution is -0.130. The van der Waals surface area contributed by atoms with E-state index in [0.29, 0.717) is 24.1 Å². The van der Waals surface area contributed by atoms with Gasteiger partial charge >= 0.3 is 0 Å². The molecule has 3 atom stereocenters. The van der Waals surface area contributed by atoms with Gasteiger partial charge in [-0.15, -0.1) is 0 Å². The molecule has 1 unspecified atom stereocenters. The second kappa shape index (κ2) is 12.5. The molecule has 1 aliphatic heterocycles. The highest BCUT2D eigenvalue weighted by Crippen LogP contribution is 2.30. The van der Waals surface area contributed by atoms with Gasteiger partial charge in [0.15, 0.2) is 5.78 Å². The molecule has 3 aromatic carbocycles. The molecule has 0 radical (unpaired) electrons. The smallest absolute Gasteiger partial charge is 0.275 e. The van der Waals surface area contributed by atoms with Gasteiger partial charge in [0.2, 0.25) is 5.91 Å². The standard InChI is InChI=1S/C28H31FN6O4S/c29-21-16-19(27(30)31)13-14-20(21)24(26(36)22-12-7-15-33-22)34-28(37)25(35-40(32,38)39)23(17-8-3-1-4-9-17)18-10-5-2-6-11-18/h1-6,8-11,13-14,16,22-25,33,35H,7,12,15H2,(H3,30,31)(H,34,37)(H2,32,38,39)/t22-,24?,25+/m0/s1. The fraction of sp³-hybridized carbons (Fsp3) is 0.250. The Morgan fingerprint density at radius 2 is 1.60 bits per heavy atom. The third-order valence-electron chi connectivity index (χ3n) is 6.82. The highest BCUT2D eigenvalue weighted by molar-refractivity contribution is 7.87. The third kappa shape index (κ3) is 6.96. The van der Waals surface area contributed by atoms with Crippen LogP contribution in [0, 0.1) is 11.2 Å². The predicted octanol–water partition coefficient (Wildman–Crippen LogP) is 1.58. The van der Waals surface area contributed by atoms with E-state index in [4.69, 9.17) is 16.3 Å². The van der Waals surface area contributed by atoms with Gasteiger partial charge in [0.1, 0.15) is 23.7 Å². The molecule has 0 aliphatic carbocycles. The molecule has 0 bridgehead atoms. The van der Waals surface area contributed by atoms with Gasteiger partial charge in [0.25, 0.3) is 10.2 Å². The summed E-state index contributed by atoms with van der Waals surface area (Å²) in [5.41, 5.74) is 6.68. The number of amidine groups is 1. The van der Waals surface area contributed by atoms with Gasteiger partial charge in [-0.25, -0.2) is 9.53 Å². The van der Waals surface area contributed by atoms with Crippen molar-refractivity contribution in [2.24, 2.45) is 10.9 Å². The van der Waals surface area contributed by atoms with Crippen LogP contribution in [0.3, 0.4) is 0 Å². The van der Waals surface area contributed by atoms with Crippen LogP contribution in [0.15, 0.2) is 78.9 Å². The van der Waals surface area contributed by atoms with E-state index >= 15 is 4.39 Å². The van der Waals surface area contributed by atoms with Gasteiger partial charge < -0.3 is 16.4 Å². The maximum atomic E-state index is 15.3. The van der Waals surface area contributed by atoms with E-state index in [-0.39, 0.29) is 17.0 Å². The molecule has 0 spiro atoms. The van der Waals surface area contributed by atoms with E-state index in [0.717, 1.165) is 12.5 Å². The number of rotatable bonds is 11. The van der Waals surface area contributed by atoms with Crippen molar-refractivity contribution in [3.63, 3.8) is 0 Å². The molecule has 0 aromatic heterocycles. The molecule has 8 N–H and O–H groups in total. The highest BCUT2D eigenvalue weighted by atomic mass is 32.2. The van der Waals surface area contributed by atoms with Crippen molar-refractivity contribution in [2.75, 3.05) is 6.54 Å². The van der Waals surface area contributed by atoms with E-state index in [9.17, 15) is 18.0 Å². The van der Waals surface area contributed by atoms with Crippen LogP contribution in [0.25, 0.3) is 0 Å². The number of carbonyl (C=O) groups is 2. The Morgan fingerprint density at radius 1 is 1.00 bits per heavy atom. The summed E-state index contributed by atoms with van der Waals surface area (Å²) in [5, 5.41) is 18.6. The molecule has 40 heavy (non-hydrogen) atoms. The number of nitrogens with two attached hydrogens (primary N) is 2. The number of nitrogens with one attached hydrogen (secondary N) is 4. The van der Waals surface area contributed by atoms with Crippen molar-refractivity contribution in [3.05, 3.63) is 107 Å². The zero-order valence-corrected chi connectivity index (χ0v) is 22.3. The summed E-state index contributed by atoms with van der Waals surface area (Å²) in [7, 11) is -4.41. The van der Waals surface area contributed by atoms with Crippen molar-refractivity contribution in [2.45, 2.75) is 36.9 Å². The normalized spacial score (nSPS) is 16.8. The summed E-state index contributed by atoms with van der Waals surface area (Å²) in [5.74, 6) is -3.40. The molecule has 10 nitrogen and oxygen atoms in total. The van der Waals surface area contributed by atoms with Crippen LogP contribution in [0.1, 0.15) is 47.1 Å². The molecular formula is C28H31FN6O4S. The highest BCUT2D eigenvalue weighted by Gasteiger charge is 2.38. The van der Waals surface area contributed by atoms with Crippen molar-refractivity contribution in [3.8, 4) is 0 Å². The minimum Gasteiger partial charge on any atom is -0.384 e. The minimum absolute atomic E-state index is 0.111. The Balaban J connectivity index is 1.78. The molecule has 1 aliphatic rings. The lowest BCUT2D eigenvalue weighted by atomic mass is 9.84. The summed E-state index contributed by atoms with van der Waals surface area (Å²) in [6.07, 6.45) is 1.22. The fourth-order valence-electron chi connectivity index (χ4n) is 4.94. The second-order valence-corrected chi connectivity index (χ2v) is 10.9. The average Bonchev–Trinajstić information content (AvgIpc) is 3.47. The Bertz CT molecular complexity index is 1440. The SMILES string of the molecule is N=C(N)c1ccc(C(NC(=O)[C@H](NS(N)(=O)=O)C(c2ccccc2)c2ccccc2)C(=O)[C@@H]2CCCN2)c(F)c1. The molecule has 1 fully saturated rings. The average molecular weight is 567 g/mol. The minimum atomic E-state index is -4.41. The van der Waals surface area contributed by atoms with E-state index in [2.05, 4.69) is 15.4 Å². The predicted molar refractivity (Wildman–Crippen MR) is 149 cm³/mol. The molecule has 210 valence electrons. The summed E-state index contributed by atoms with van der Waals surface area (Å²) >= 11 is 0. The molecule has 3 aromatic rings. The van der Waals surface area contributed by atoms with Gasteiger partial charge in [0.05, 0.1) is 6.04 Å². The van der Waals surface area contributed by atoms with Crippen molar-refractivity contribution in [1.82, 2.24) is 15.4 Å². The maximum Gasteiger partial charge on any atom is 0.275 e. The van der Waals surface area contributed by atoms with Crippen LogP contribution in [0.2, 0.25) is 0 Å². The number of hydrogen-bond donors (Lipinski definition) is 6. The summed E-state index contributed by atoms with van der Waals surface area (Å²) in [6, 6.07) is 17.6. The number of benzene rings is 3. The number of halogens is 1. The largest absolute Gasteiger partial charge is 0.384 e. The van der Waals surface area contributed by atoms with Crippen LogP contribution >= 0.6 is 0 Å². The molecule has 1 amide bonds. The molecule has 4 rings (SSSR count). The fourth-order valence-corrected chi connectivity index (χ4v) is 5.54. The quantitative estimate of drug-likeness (QED) is 0.151. The first-order valence-corrected chi connectivity index (χ1v) is 14.2. The van der Waals surface area contributed by atoms with Crippen LogP contribution in [-0.4, -0.2) is 44.6 Å². The monoisotopic (exact) mass is 566 g/mol. The first-order valence-electron chi connectivity index (χ1n) is 12.7. The van der Waals surface area contributed by atoms with E-state index in [1.54, 1.807) is 60.7 Å². The zero-order valence-electron chi connectivity index (χ0n) is 21.5. The number of hydrogen-bond acceptors (Lipinski definition) is 6. The number of Topliss-reactive ketones (excluding diaryl/α,β-unsaturated/α-hetero) is 1. The lowest BCUT2D eigenvalue weighted by Crippen LogP contribution is -2.54.